The van der Waals surface area contributed by atoms with Crippen LogP contribution in [0.5, 0.6) is 0 Å². The number of carbonyl (C=O) groups excluding carboxylic acids is 1. The molecule has 0 radical (unpaired) electrons. The number of hydrogen-bond acceptors (Lipinski definition) is 2. The summed E-state index contributed by atoms with van der Waals surface area (Å²) in [5.41, 5.74) is 2.55. The Morgan fingerprint density at radius 3 is 2.36 bits per heavy atom. The third-order valence-electron chi connectivity index (χ3n) is 4.81. The Labute approximate surface area is 145 Å². The molecule has 1 atom stereocenters. The quantitative estimate of drug-likeness (QED) is 0.782. The molecule has 0 saturated heterocycles. The Morgan fingerprint density at radius 2 is 1.56 bits per heavy atom. The van der Waals surface area contributed by atoms with Gasteiger partial charge in [0.1, 0.15) is 6.04 Å². The van der Waals surface area contributed by atoms with Crippen molar-refractivity contribution < 1.29 is 14.7 Å². The molecule has 0 bridgehead atoms. The van der Waals surface area contributed by atoms with Crippen molar-refractivity contribution in [3.8, 4) is 0 Å². The van der Waals surface area contributed by atoms with Crippen molar-refractivity contribution in [1.82, 2.24) is 4.90 Å². The molecule has 0 fully saturated rings. The molecule has 124 valence electrons. The van der Waals surface area contributed by atoms with E-state index in [2.05, 4.69) is 0 Å². The number of aliphatic carboxylic acids is 1. The van der Waals surface area contributed by atoms with Crippen molar-refractivity contribution >= 4 is 22.6 Å². The first kappa shape index (κ1) is 15.4. The summed E-state index contributed by atoms with van der Waals surface area (Å²) in [6, 6.07) is 20.1. The lowest BCUT2D eigenvalue weighted by Gasteiger charge is -2.34. The van der Waals surface area contributed by atoms with Crippen LogP contribution in [0.3, 0.4) is 0 Å². The summed E-state index contributed by atoms with van der Waals surface area (Å²) in [5, 5.41) is 11.5. The van der Waals surface area contributed by atoms with Crippen LogP contribution < -0.4 is 0 Å². The van der Waals surface area contributed by atoms with Crippen molar-refractivity contribution in [3.05, 3.63) is 83.4 Å². The standard InChI is InChI=1S/C21H17NO3/c23-20(18-11-5-9-14-6-3-4-10-17(14)18)22-13-16-8-2-1-7-15(16)12-19(22)21(24)25/h1-11,19H,12-13H2,(H,24,25)/t19-/m1/s1. The van der Waals surface area contributed by atoms with Crippen LogP contribution in [0.25, 0.3) is 10.8 Å². The number of rotatable bonds is 2. The van der Waals surface area contributed by atoms with E-state index in [9.17, 15) is 14.7 Å². The lowest BCUT2D eigenvalue weighted by Crippen LogP contribution is -2.48. The lowest BCUT2D eigenvalue weighted by molar-refractivity contribution is -0.142. The summed E-state index contributed by atoms with van der Waals surface area (Å²) in [4.78, 5) is 26.5. The first-order valence-corrected chi connectivity index (χ1v) is 8.23. The highest BCUT2D eigenvalue weighted by Gasteiger charge is 2.35. The van der Waals surface area contributed by atoms with Gasteiger partial charge >= 0.3 is 5.97 Å². The van der Waals surface area contributed by atoms with E-state index in [4.69, 9.17) is 0 Å². The minimum absolute atomic E-state index is 0.237. The second kappa shape index (κ2) is 6.06. The van der Waals surface area contributed by atoms with Gasteiger partial charge in [-0.05, 0) is 28.0 Å². The van der Waals surface area contributed by atoms with Crippen molar-refractivity contribution in [3.63, 3.8) is 0 Å². The number of carbonyl (C=O) groups is 2. The van der Waals surface area contributed by atoms with Gasteiger partial charge in [-0.25, -0.2) is 4.79 Å². The smallest absolute Gasteiger partial charge is 0.326 e. The summed E-state index contributed by atoms with van der Waals surface area (Å²) in [5.74, 6) is -1.21. The molecule has 3 aromatic rings. The van der Waals surface area contributed by atoms with Gasteiger partial charge in [0.25, 0.3) is 5.91 Å². The van der Waals surface area contributed by atoms with E-state index < -0.39 is 12.0 Å². The molecule has 25 heavy (non-hydrogen) atoms. The number of benzene rings is 3. The summed E-state index contributed by atoms with van der Waals surface area (Å²) in [7, 11) is 0. The fraction of sp³-hybridized carbons (Fsp3) is 0.143. The van der Waals surface area contributed by atoms with Crippen LogP contribution in [0.4, 0.5) is 0 Å². The number of carboxylic acid groups (broad SMARTS) is 1. The lowest BCUT2D eigenvalue weighted by atomic mass is 9.92. The maximum atomic E-state index is 13.2. The van der Waals surface area contributed by atoms with Crippen molar-refractivity contribution in [2.75, 3.05) is 0 Å². The Kier molecular flexibility index (Phi) is 3.73. The SMILES string of the molecule is O=C(O)[C@H]1Cc2ccccc2CN1C(=O)c1cccc2ccccc12. The van der Waals surface area contributed by atoms with Gasteiger partial charge in [0.2, 0.25) is 0 Å². The number of carboxylic acids is 1. The maximum Gasteiger partial charge on any atom is 0.326 e. The first-order chi connectivity index (χ1) is 12.1. The van der Waals surface area contributed by atoms with E-state index in [-0.39, 0.29) is 5.91 Å². The van der Waals surface area contributed by atoms with E-state index in [1.807, 2.05) is 60.7 Å². The highest BCUT2D eigenvalue weighted by Crippen LogP contribution is 2.27. The van der Waals surface area contributed by atoms with E-state index >= 15 is 0 Å². The summed E-state index contributed by atoms with van der Waals surface area (Å²) in [6.07, 6.45) is 0.335. The van der Waals surface area contributed by atoms with Crippen molar-refractivity contribution in [2.45, 2.75) is 19.0 Å². The zero-order valence-electron chi connectivity index (χ0n) is 13.6. The van der Waals surface area contributed by atoms with Gasteiger partial charge in [-0.3, -0.25) is 4.79 Å². The predicted molar refractivity (Wildman–Crippen MR) is 95.4 cm³/mol. The Hall–Kier alpha value is -3.14. The molecule has 0 saturated carbocycles. The van der Waals surface area contributed by atoms with Gasteiger partial charge in [-0.1, -0.05) is 60.7 Å². The first-order valence-electron chi connectivity index (χ1n) is 8.23. The largest absolute Gasteiger partial charge is 0.480 e. The molecule has 0 aliphatic carbocycles. The predicted octanol–water partition coefficient (Wildman–Crippen LogP) is 3.49. The van der Waals surface area contributed by atoms with E-state index in [0.29, 0.717) is 18.5 Å². The molecule has 0 spiro atoms. The molecule has 4 heteroatoms. The third-order valence-corrected chi connectivity index (χ3v) is 4.81. The number of nitrogens with zero attached hydrogens (tertiary/aromatic N) is 1. The van der Waals surface area contributed by atoms with Gasteiger partial charge in [-0.15, -0.1) is 0 Å². The number of hydrogen-bond donors (Lipinski definition) is 1. The number of amides is 1. The normalized spacial score (nSPS) is 16.5. The monoisotopic (exact) mass is 331 g/mol. The second-order valence-corrected chi connectivity index (χ2v) is 6.29. The van der Waals surface area contributed by atoms with Crippen LogP contribution in [0.1, 0.15) is 21.5 Å². The molecule has 1 heterocycles. The molecular formula is C21H17NO3. The van der Waals surface area contributed by atoms with Crippen LogP contribution in [-0.2, 0) is 17.8 Å². The van der Waals surface area contributed by atoms with E-state index in [1.165, 1.54) is 4.90 Å². The molecule has 1 amide bonds. The zero-order chi connectivity index (χ0) is 17.4. The van der Waals surface area contributed by atoms with Gasteiger partial charge < -0.3 is 10.0 Å². The molecule has 0 aromatic heterocycles. The van der Waals surface area contributed by atoms with Gasteiger partial charge in [0.05, 0.1) is 0 Å². The molecule has 3 aromatic carbocycles. The van der Waals surface area contributed by atoms with Gasteiger partial charge in [0.15, 0.2) is 0 Å². The maximum absolute atomic E-state index is 13.2. The summed E-state index contributed by atoms with van der Waals surface area (Å²) in [6.45, 7) is 0.315. The van der Waals surface area contributed by atoms with Crippen LogP contribution in [-0.4, -0.2) is 27.9 Å². The minimum Gasteiger partial charge on any atom is -0.480 e. The van der Waals surface area contributed by atoms with Crippen molar-refractivity contribution in [2.24, 2.45) is 0 Å². The Balaban J connectivity index is 1.79. The van der Waals surface area contributed by atoms with E-state index in [0.717, 1.165) is 21.9 Å². The Morgan fingerprint density at radius 1 is 0.880 bits per heavy atom. The molecule has 4 nitrogen and oxygen atoms in total. The van der Waals surface area contributed by atoms with Crippen LogP contribution in [0.2, 0.25) is 0 Å². The third kappa shape index (κ3) is 2.66. The highest BCUT2D eigenvalue weighted by molar-refractivity contribution is 6.08. The van der Waals surface area contributed by atoms with Crippen LogP contribution in [0.15, 0.2) is 66.7 Å². The second-order valence-electron chi connectivity index (χ2n) is 6.29. The molecule has 4 rings (SSSR count). The summed E-state index contributed by atoms with van der Waals surface area (Å²) < 4.78 is 0. The molecular weight excluding hydrogens is 314 g/mol. The van der Waals surface area contributed by atoms with Crippen molar-refractivity contribution in [1.29, 1.82) is 0 Å². The van der Waals surface area contributed by atoms with E-state index in [1.54, 1.807) is 6.07 Å². The van der Waals surface area contributed by atoms with Crippen LogP contribution in [0, 0.1) is 0 Å². The molecule has 1 aliphatic rings. The summed E-state index contributed by atoms with van der Waals surface area (Å²) >= 11 is 0. The molecule has 1 aliphatic heterocycles. The minimum atomic E-state index is -0.969. The average Bonchev–Trinajstić information content (AvgIpc) is 2.66. The average molecular weight is 331 g/mol. The topological polar surface area (TPSA) is 57.6 Å². The molecule has 1 N–H and O–H groups in total. The van der Waals surface area contributed by atoms with Gasteiger partial charge in [0, 0.05) is 18.5 Å². The number of fused-ring (bicyclic) bond motifs is 2. The van der Waals surface area contributed by atoms with Gasteiger partial charge in [-0.2, -0.15) is 0 Å². The Bertz CT molecular complexity index is 974. The molecule has 0 unspecified atom stereocenters. The zero-order valence-corrected chi connectivity index (χ0v) is 13.6. The fourth-order valence-electron chi connectivity index (χ4n) is 3.52. The highest BCUT2D eigenvalue weighted by atomic mass is 16.4. The van der Waals surface area contributed by atoms with Crippen LogP contribution >= 0.6 is 0 Å². The fourth-order valence-corrected chi connectivity index (χ4v) is 3.52.